The lowest BCUT2D eigenvalue weighted by molar-refractivity contribution is -0.137. The monoisotopic (exact) mass is 350 g/mol. The number of carboxylic acids is 1. The minimum atomic E-state index is -0.937. The van der Waals surface area contributed by atoms with Crippen LogP contribution < -0.4 is 9.47 Å². The molecule has 3 rings (SSSR count). The standard InChI is InChI=1S/C18H14N4O4/c19-9-12(10-20)7-14-11-22(4-3-17(23)24)21-18(14)13-1-2-15-16(8-13)26-6-5-25-15/h1-2,7-8,11H,3-6H2,(H,23,24). The fourth-order valence-electron chi connectivity index (χ4n) is 2.53. The van der Waals surface area contributed by atoms with Crippen molar-refractivity contribution in [2.75, 3.05) is 13.2 Å². The van der Waals surface area contributed by atoms with Gasteiger partial charge in [-0.05, 0) is 24.3 Å². The van der Waals surface area contributed by atoms with E-state index in [1.807, 2.05) is 12.1 Å². The molecule has 1 aromatic heterocycles. The molecule has 0 fully saturated rings. The molecule has 0 radical (unpaired) electrons. The van der Waals surface area contributed by atoms with E-state index in [-0.39, 0.29) is 18.5 Å². The molecule has 0 spiro atoms. The number of nitrogens with zero attached hydrogens (tertiary/aromatic N) is 4. The van der Waals surface area contributed by atoms with Gasteiger partial charge in [-0.2, -0.15) is 15.6 Å². The maximum atomic E-state index is 10.8. The number of ether oxygens (including phenoxy) is 2. The van der Waals surface area contributed by atoms with Crippen LogP contribution in [0.3, 0.4) is 0 Å². The van der Waals surface area contributed by atoms with Gasteiger partial charge >= 0.3 is 5.97 Å². The summed E-state index contributed by atoms with van der Waals surface area (Å²) in [6, 6.07) is 8.96. The number of benzene rings is 1. The van der Waals surface area contributed by atoms with E-state index in [1.165, 1.54) is 10.8 Å². The van der Waals surface area contributed by atoms with Crippen LogP contribution in [-0.4, -0.2) is 34.1 Å². The van der Waals surface area contributed by atoms with Crippen LogP contribution in [0.15, 0.2) is 30.0 Å². The minimum absolute atomic E-state index is 0.0680. The van der Waals surface area contributed by atoms with Crippen molar-refractivity contribution in [3.8, 4) is 34.9 Å². The van der Waals surface area contributed by atoms with Crippen molar-refractivity contribution in [3.63, 3.8) is 0 Å². The first-order valence-corrected chi connectivity index (χ1v) is 7.82. The third-order valence-corrected chi connectivity index (χ3v) is 3.70. The van der Waals surface area contributed by atoms with Gasteiger partial charge in [-0.3, -0.25) is 9.48 Å². The zero-order chi connectivity index (χ0) is 18.5. The summed E-state index contributed by atoms with van der Waals surface area (Å²) >= 11 is 0. The Balaban J connectivity index is 2.04. The highest BCUT2D eigenvalue weighted by Gasteiger charge is 2.16. The second-order valence-electron chi connectivity index (χ2n) is 5.48. The predicted octanol–water partition coefficient (Wildman–Crippen LogP) is 2.23. The molecule has 2 aromatic rings. The van der Waals surface area contributed by atoms with Gasteiger partial charge in [-0.1, -0.05) is 0 Å². The number of carboxylic acid groups (broad SMARTS) is 1. The maximum absolute atomic E-state index is 10.8. The predicted molar refractivity (Wildman–Crippen MR) is 90.1 cm³/mol. The molecular formula is C18H14N4O4. The van der Waals surface area contributed by atoms with Crippen LogP contribution >= 0.6 is 0 Å². The molecule has 1 N–H and O–H groups in total. The Morgan fingerprint density at radius 3 is 2.69 bits per heavy atom. The zero-order valence-electron chi connectivity index (χ0n) is 13.7. The van der Waals surface area contributed by atoms with Crippen LogP contribution in [-0.2, 0) is 11.3 Å². The smallest absolute Gasteiger partial charge is 0.305 e. The molecule has 2 heterocycles. The second kappa shape index (κ2) is 7.41. The Labute approximate surface area is 149 Å². The van der Waals surface area contributed by atoms with E-state index in [0.717, 1.165) is 0 Å². The van der Waals surface area contributed by atoms with Crippen molar-refractivity contribution in [1.29, 1.82) is 10.5 Å². The number of aromatic nitrogens is 2. The summed E-state index contributed by atoms with van der Waals surface area (Å²) in [4.78, 5) is 10.8. The van der Waals surface area contributed by atoms with Crippen molar-refractivity contribution in [1.82, 2.24) is 9.78 Å². The van der Waals surface area contributed by atoms with Crippen LogP contribution in [0.2, 0.25) is 0 Å². The molecule has 0 saturated carbocycles. The molecule has 0 amide bonds. The van der Waals surface area contributed by atoms with Crippen molar-refractivity contribution < 1.29 is 19.4 Å². The molecule has 8 heteroatoms. The van der Waals surface area contributed by atoms with Crippen molar-refractivity contribution in [2.24, 2.45) is 0 Å². The summed E-state index contributed by atoms with van der Waals surface area (Å²) in [5, 5.41) is 31.3. The largest absolute Gasteiger partial charge is 0.486 e. The third-order valence-electron chi connectivity index (χ3n) is 3.70. The van der Waals surface area contributed by atoms with E-state index in [9.17, 15) is 4.79 Å². The number of rotatable bonds is 5. The number of allylic oxidation sites excluding steroid dienone is 1. The SMILES string of the molecule is N#CC(C#N)=Cc1cn(CCC(=O)O)nc1-c1ccc2c(c1)OCCO2. The molecule has 0 saturated heterocycles. The van der Waals surface area contributed by atoms with Gasteiger partial charge in [0, 0.05) is 17.3 Å². The molecule has 0 aliphatic carbocycles. The number of carbonyl (C=O) groups is 1. The Bertz CT molecular complexity index is 947. The first kappa shape index (κ1) is 17.1. The maximum Gasteiger partial charge on any atom is 0.305 e. The van der Waals surface area contributed by atoms with Crippen LogP contribution in [0, 0.1) is 22.7 Å². The molecule has 0 unspecified atom stereocenters. The first-order valence-electron chi connectivity index (χ1n) is 7.82. The number of fused-ring (bicyclic) bond motifs is 1. The number of hydrogen-bond donors (Lipinski definition) is 1. The Kier molecular flexibility index (Phi) is 4.86. The first-order chi connectivity index (χ1) is 12.6. The lowest BCUT2D eigenvalue weighted by Crippen LogP contribution is -2.15. The highest BCUT2D eigenvalue weighted by Crippen LogP contribution is 2.35. The molecule has 8 nitrogen and oxygen atoms in total. The molecule has 130 valence electrons. The summed E-state index contributed by atoms with van der Waals surface area (Å²) in [7, 11) is 0. The van der Waals surface area contributed by atoms with Crippen LogP contribution in [0.1, 0.15) is 12.0 Å². The van der Waals surface area contributed by atoms with Gasteiger partial charge in [0.15, 0.2) is 11.5 Å². The fourth-order valence-corrected chi connectivity index (χ4v) is 2.53. The number of nitriles is 2. The van der Waals surface area contributed by atoms with Crippen LogP contribution in [0.4, 0.5) is 0 Å². The van der Waals surface area contributed by atoms with E-state index in [1.54, 1.807) is 24.4 Å². The van der Waals surface area contributed by atoms with E-state index < -0.39 is 5.97 Å². The van der Waals surface area contributed by atoms with E-state index in [2.05, 4.69) is 5.10 Å². The Morgan fingerprint density at radius 2 is 2.00 bits per heavy atom. The fraction of sp³-hybridized carbons (Fsp3) is 0.222. The number of aliphatic carboxylic acids is 1. The van der Waals surface area contributed by atoms with Gasteiger partial charge in [-0.15, -0.1) is 0 Å². The lowest BCUT2D eigenvalue weighted by Gasteiger charge is -2.18. The third kappa shape index (κ3) is 3.65. The van der Waals surface area contributed by atoms with Crippen molar-refractivity contribution >= 4 is 12.0 Å². The van der Waals surface area contributed by atoms with Crippen LogP contribution in [0.25, 0.3) is 17.3 Å². The van der Waals surface area contributed by atoms with Crippen LogP contribution in [0.5, 0.6) is 11.5 Å². The Morgan fingerprint density at radius 1 is 1.27 bits per heavy atom. The second-order valence-corrected chi connectivity index (χ2v) is 5.48. The molecule has 0 bridgehead atoms. The van der Waals surface area contributed by atoms with Gasteiger partial charge in [0.25, 0.3) is 0 Å². The molecule has 1 aliphatic rings. The molecule has 0 atom stereocenters. The summed E-state index contributed by atoms with van der Waals surface area (Å²) in [5.74, 6) is 0.287. The van der Waals surface area contributed by atoms with E-state index in [0.29, 0.717) is 41.5 Å². The summed E-state index contributed by atoms with van der Waals surface area (Å²) in [6.45, 7) is 1.11. The summed E-state index contributed by atoms with van der Waals surface area (Å²) in [5.41, 5.74) is 1.71. The van der Waals surface area contributed by atoms with Gasteiger partial charge in [0.1, 0.15) is 30.9 Å². The van der Waals surface area contributed by atoms with E-state index >= 15 is 0 Å². The lowest BCUT2D eigenvalue weighted by atomic mass is 10.1. The normalized spacial score (nSPS) is 11.9. The molecule has 26 heavy (non-hydrogen) atoms. The summed E-state index contributed by atoms with van der Waals surface area (Å²) < 4.78 is 12.6. The zero-order valence-corrected chi connectivity index (χ0v) is 13.7. The number of hydrogen-bond acceptors (Lipinski definition) is 6. The van der Waals surface area contributed by atoms with Crippen molar-refractivity contribution in [2.45, 2.75) is 13.0 Å². The van der Waals surface area contributed by atoms with Gasteiger partial charge in [-0.25, -0.2) is 0 Å². The van der Waals surface area contributed by atoms with E-state index in [4.69, 9.17) is 25.1 Å². The molecule has 1 aliphatic heterocycles. The minimum Gasteiger partial charge on any atom is -0.486 e. The Hall–Kier alpha value is -3.78. The van der Waals surface area contributed by atoms with Gasteiger partial charge in [0.2, 0.25) is 0 Å². The quantitative estimate of drug-likeness (QED) is 0.821. The topological polar surface area (TPSA) is 121 Å². The molecular weight excluding hydrogens is 336 g/mol. The average molecular weight is 350 g/mol. The summed E-state index contributed by atoms with van der Waals surface area (Å²) in [6.07, 6.45) is 2.95. The van der Waals surface area contributed by atoms with Gasteiger partial charge in [0.05, 0.1) is 18.7 Å². The van der Waals surface area contributed by atoms with Crippen molar-refractivity contribution in [3.05, 3.63) is 35.5 Å². The highest BCUT2D eigenvalue weighted by atomic mass is 16.6. The van der Waals surface area contributed by atoms with Gasteiger partial charge < -0.3 is 14.6 Å². The number of aryl methyl sites for hydroxylation is 1. The highest BCUT2D eigenvalue weighted by molar-refractivity contribution is 5.76. The average Bonchev–Trinajstić information content (AvgIpc) is 3.06. The molecule has 1 aromatic carbocycles.